The van der Waals surface area contributed by atoms with Crippen molar-refractivity contribution in [2.75, 3.05) is 20.2 Å². The maximum atomic E-state index is 11.3. The van der Waals surface area contributed by atoms with E-state index in [1.165, 1.54) is 0 Å². The number of likely N-dealkylation sites (tertiary alicyclic amines) is 1. The molecule has 4 heteroatoms. The Kier molecular flexibility index (Phi) is 2.64. The van der Waals surface area contributed by atoms with Crippen molar-refractivity contribution >= 4 is 17.5 Å². The zero-order valence-corrected chi connectivity index (χ0v) is 8.39. The maximum absolute atomic E-state index is 11.3. The van der Waals surface area contributed by atoms with Crippen molar-refractivity contribution in [3.63, 3.8) is 0 Å². The van der Waals surface area contributed by atoms with Gasteiger partial charge in [0, 0.05) is 7.11 Å². The van der Waals surface area contributed by atoms with Crippen LogP contribution in [0.1, 0.15) is 13.8 Å². The third-order valence-electron chi connectivity index (χ3n) is 2.20. The van der Waals surface area contributed by atoms with Crippen LogP contribution in [-0.2, 0) is 9.53 Å². The third-order valence-corrected chi connectivity index (χ3v) is 2.38. The molecule has 1 fully saturated rings. The lowest BCUT2D eigenvalue weighted by molar-refractivity contribution is -0.157. The van der Waals surface area contributed by atoms with Gasteiger partial charge < -0.3 is 9.64 Å². The van der Waals surface area contributed by atoms with E-state index in [-0.39, 0.29) is 11.5 Å². The van der Waals surface area contributed by atoms with Crippen molar-refractivity contribution in [1.29, 1.82) is 0 Å². The normalized spacial score (nSPS) is 23.2. The summed E-state index contributed by atoms with van der Waals surface area (Å²) in [5.41, 5.74) is -0.151. The minimum atomic E-state index is -0.425. The van der Waals surface area contributed by atoms with E-state index < -0.39 is 5.38 Å². The number of halogens is 1. The van der Waals surface area contributed by atoms with E-state index in [2.05, 4.69) is 0 Å². The molecule has 3 nitrogen and oxygen atoms in total. The lowest BCUT2D eigenvalue weighted by atomic mass is 9.96. The second-order valence-electron chi connectivity index (χ2n) is 3.46. The number of rotatable bonds is 2. The summed E-state index contributed by atoms with van der Waals surface area (Å²) < 4.78 is 5.20. The Morgan fingerprint density at radius 3 is 2.50 bits per heavy atom. The number of amides is 1. The van der Waals surface area contributed by atoms with Crippen LogP contribution < -0.4 is 0 Å². The fourth-order valence-electron chi connectivity index (χ4n) is 1.30. The Labute approximate surface area is 77.6 Å². The Morgan fingerprint density at radius 1 is 1.67 bits per heavy atom. The smallest absolute Gasteiger partial charge is 0.240 e. The van der Waals surface area contributed by atoms with E-state index >= 15 is 0 Å². The average Bonchev–Trinajstić information content (AvgIpc) is 1.97. The van der Waals surface area contributed by atoms with E-state index in [1.807, 2.05) is 6.92 Å². The Hall–Kier alpha value is -0.280. The van der Waals surface area contributed by atoms with Gasteiger partial charge in [0.1, 0.15) is 5.38 Å². The van der Waals surface area contributed by atoms with E-state index in [4.69, 9.17) is 16.3 Å². The molecule has 1 atom stereocenters. The summed E-state index contributed by atoms with van der Waals surface area (Å²) in [6.45, 7) is 4.97. The van der Waals surface area contributed by atoms with Crippen molar-refractivity contribution < 1.29 is 9.53 Å². The molecule has 1 rings (SSSR count). The highest BCUT2D eigenvalue weighted by Gasteiger charge is 2.42. The average molecular weight is 192 g/mol. The van der Waals surface area contributed by atoms with Crippen molar-refractivity contribution in [2.24, 2.45) is 0 Å². The van der Waals surface area contributed by atoms with Gasteiger partial charge in [-0.25, -0.2) is 0 Å². The Bertz CT molecular complexity index is 187. The predicted molar refractivity (Wildman–Crippen MR) is 47.3 cm³/mol. The molecule has 1 saturated heterocycles. The second-order valence-corrected chi connectivity index (χ2v) is 4.12. The maximum Gasteiger partial charge on any atom is 0.240 e. The highest BCUT2D eigenvalue weighted by atomic mass is 35.5. The standard InChI is InChI=1S/C8H14ClNO2/c1-6(9)7(11)10-4-8(2,5-10)12-3/h6H,4-5H2,1-3H3. The summed E-state index contributed by atoms with van der Waals surface area (Å²) in [4.78, 5) is 13.0. The quantitative estimate of drug-likeness (QED) is 0.606. The molecule has 1 amide bonds. The van der Waals surface area contributed by atoms with Gasteiger partial charge in [-0.1, -0.05) is 0 Å². The van der Waals surface area contributed by atoms with Crippen molar-refractivity contribution in [3.05, 3.63) is 0 Å². The number of methoxy groups -OCH3 is 1. The van der Waals surface area contributed by atoms with Crippen molar-refractivity contribution in [2.45, 2.75) is 24.8 Å². The van der Waals surface area contributed by atoms with Gasteiger partial charge in [-0.15, -0.1) is 11.6 Å². The van der Waals surface area contributed by atoms with Gasteiger partial charge in [0.05, 0.1) is 18.7 Å². The van der Waals surface area contributed by atoms with Gasteiger partial charge in [0.15, 0.2) is 0 Å². The van der Waals surface area contributed by atoms with Crippen molar-refractivity contribution in [1.82, 2.24) is 4.90 Å². The number of nitrogens with zero attached hydrogens (tertiary/aromatic N) is 1. The number of hydrogen-bond donors (Lipinski definition) is 0. The summed E-state index contributed by atoms with van der Waals surface area (Å²) in [5, 5.41) is -0.425. The first-order valence-corrected chi connectivity index (χ1v) is 4.40. The van der Waals surface area contributed by atoms with Gasteiger partial charge in [0.2, 0.25) is 5.91 Å². The molecule has 70 valence electrons. The summed E-state index contributed by atoms with van der Waals surface area (Å²) in [7, 11) is 1.66. The van der Waals surface area contributed by atoms with Gasteiger partial charge in [-0.05, 0) is 13.8 Å². The predicted octanol–water partition coefficient (Wildman–Crippen LogP) is 0.861. The van der Waals surface area contributed by atoms with Crippen LogP contribution >= 0.6 is 11.6 Å². The van der Waals surface area contributed by atoms with Gasteiger partial charge >= 0.3 is 0 Å². The minimum absolute atomic E-state index is 0.00816. The summed E-state index contributed by atoms with van der Waals surface area (Å²) >= 11 is 5.64. The lowest BCUT2D eigenvalue weighted by Crippen LogP contribution is -2.63. The van der Waals surface area contributed by atoms with Gasteiger partial charge in [0.25, 0.3) is 0 Å². The van der Waals surface area contributed by atoms with Crippen LogP contribution in [0.15, 0.2) is 0 Å². The van der Waals surface area contributed by atoms with Crippen LogP contribution in [0, 0.1) is 0 Å². The van der Waals surface area contributed by atoms with Crippen LogP contribution in [0.5, 0.6) is 0 Å². The highest BCUT2D eigenvalue weighted by molar-refractivity contribution is 6.30. The molecule has 0 aromatic carbocycles. The topological polar surface area (TPSA) is 29.5 Å². The molecule has 0 N–H and O–H groups in total. The number of hydrogen-bond acceptors (Lipinski definition) is 2. The van der Waals surface area contributed by atoms with Crippen LogP contribution in [0.4, 0.5) is 0 Å². The van der Waals surface area contributed by atoms with Crippen LogP contribution in [0.25, 0.3) is 0 Å². The van der Waals surface area contributed by atoms with Crippen LogP contribution in [0.2, 0.25) is 0 Å². The molecule has 0 spiro atoms. The van der Waals surface area contributed by atoms with Gasteiger partial charge in [-0.2, -0.15) is 0 Å². The van der Waals surface area contributed by atoms with E-state index in [0.29, 0.717) is 13.1 Å². The first kappa shape index (κ1) is 9.81. The molecule has 1 heterocycles. The molecular weight excluding hydrogens is 178 g/mol. The molecular formula is C8H14ClNO2. The molecule has 1 unspecified atom stereocenters. The van der Waals surface area contributed by atoms with Crippen molar-refractivity contribution in [3.8, 4) is 0 Å². The number of alkyl halides is 1. The lowest BCUT2D eigenvalue weighted by Gasteiger charge is -2.47. The molecule has 0 aromatic rings. The van der Waals surface area contributed by atoms with Crippen LogP contribution in [-0.4, -0.2) is 42.0 Å². The highest BCUT2D eigenvalue weighted by Crippen LogP contribution is 2.24. The summed E-state index contributed by atoms with van der Waals surface area (Å²) in [6.07, 6.45) is 0. The molecule has 0 aliphatic carbocycles. The van der Waals surface area contributed by atoms with E-state index in [9.17, 15) is 4.79 Å². The fourth-order valence-corrected chi connectivity index (χ4v) is 1.44. The fraction of sp³-hybridized carbons (Fsp3) is 0.875. The van der Waals surface area contributed by atoms with Crippen LogP contribution in [0.3, 0.4) is 0 Å². The number of ether oxygens (including phenoxy) is 1. The first-order valence-electron chi connectivity index (χ1n) is 3.96. The van der Waals surface area contributed by atoms with E-state index in [1.54, 1.807) is 18.9 Å². The SMILES string of the molecule is COC1(C)CN(C(=O)C(C)Cl)C1. The molecule has 1 aliphatic rings. The second kappa shape index (κ2) is 3.23. The zero-order chi connectivity index (χ0) is 9.35. The molecule has 12 heavy (non-hydrogen) atoms. The Balaban J connectivity index is 2.39. The van der Waals surface area contributed by atoms with Gasteiger partial charge in [-0.3, -0.25) is 4.79 Å². The number of carbonyl (C=O) groups excluding carboxylic acids is 1. The monoisotopic (exact) mass is 191 g/mol. The molecule has 0 aromatic heterocycles. The Morgan fingerprint density at radius 2 is 2.17 bits per heavy atom. The number of carbonyl (C=O) groups is 1. The summed E-state index contributed by atoms with van der Waals surface area (Å²) in [5.74, 6) is -0.00816. The largest absolute Gasteiger partial charge is 0.375 e. The molecule has 1 aliphatic heterocycles. The minimum Gasteiger partial charge on any atom is -0.375 e. The third kappa shape index (κ3) is 1.72. The van der Waals surface area contributed by atoms with E-state index in [0.717, 1.165) is 0 Å². The molecule has 0 bridgehead atoms. The first-order chi connectivity index (χ1) is 5.48. The molecule has 0 saturated carbocycles. The molecule has 0 radical (unpaired) electrons. The zero-order valence-electron chi connectivity index (χ0n) is 7.63. The summed E-state index contributed by atoms with van der Waals surface area (Å²) in [6, 6.07) is 0.